The van der Waals surface area contributed by atoms with E-state index in [2.05, 4.69) is 24.5 Å². The maximum Gasteiger partial charge on any atom is 0.171 e. The van der Waals surface area contributed by atoms with Crippen LogP contribution in [0.4, 0.5) is 0 Å². The molecular weight excluding hydrogens is 200 g/mol. The molecule has 0 unspecified atom stereocenters. The average molecular weight is 220 g/mol. The minimum absolute atomic E-state index is 0.932. The van der Waals surface area contributed by atoms with E-state index in [0.29, 0.717) is 0 Å². The molecule has 0 aliphatic heterocycles. The Kier molecular flexibility index (Phi) is 7.47. The highest BCUT2D eigenvalue weighted by atomic mass is 32.1. The molecule has 0 radical (unpaired) electrons. The minimum Gasteiger partial charge on any atom is -0.355 e. The van der Waals surface area contributed by atoms with Crippen molar-refractivity contribution in [1.29, 1.82) is 0 Å². The summed E-state index contributed by atoms with van der Waals surface area (Å²) in [5.41, 5.74) is 0. The normalized spacial score (nSPS) is 9.85. The molecule has 78 valence electrons. The molecule has 0 saturated heterocycles. The van der Waals surface area contributed by atoms with Crippen molar-refractivity contribution >= 4 is 30.0 Å². The van der Waals surface area contributed by atoms with Crippen LogP contribution in [-0.2, 0) is 0 Å². The first-order chi connectivity index (χ1) is 6.13. The standard InChI is InChI=1S/C9H20N2S2/c1-4-11(7-5-6-8-12)9(13)10(2)3/h12H,4-8H2,1-3H3. The lowest BCUT2D eigenvalue weighted by molar-refractivity contribution is 0.385. The number of thiocarbonyl (C=S) groups is 1. The van der Waals surface area contributed by atoms with E-state index in [4.69, 9.17) is 12.2 Å². The Labute approximate surface area is 92.7 Å². The van der Waals surface area contributed by atoms with Crippen LogP contribution in [0.2, 0.25) is 0 Å². The Bertz CT molecular complexity index is 149. The highest BCUT2D eigenvalue weighted by Crippen LogP contribution is 2.00. The fourth-order valence-corrected chi connectivity index (χ4v) is 1.53. The van der Waals surface area contributed by atoms with Crippen molar-refractivity contribution < 1.29 is 0 Å². The van der Waals surface area contributed by atoms with Crippen LogP contribution >= 0.6 is 24.8 Å². The van der Waals surface area contributed by atoms with Crippen LogP contribution < -0.4 is 0 Å². The van der Waals surface area contributed by atoms with Gasteiger partial charge in [0.2, 0.25) is 0 Å². The zero-order valence-corrected chi connectivity index (χ0v) is 10.5. The summed E-state index contributed by atoms with van der Waals surface area (Å²) in [6.45, 7) is 4.17. The predicted octanol–water partition coefficient (Wildman–Crippen LogP) is 1.86. The summed E-state index contributed by atoms with van der Waals surface area (Å²) in [7, 11) is 3.98. The van der Waals surface area contributed by atoms with Crippen LogP contribution in [0, 0.1) is 0 Å². The van der Waals surface area contributed by atoms with E-state index in [1.54, 1.807) is 0 Å². The Morgan fingerprint density at radius 2 is 1.92 bits per heavy atom. The van der Waals surface area contributed by atoms with Gasteiger partial charge in [0, 0.05) is 27.2 Å². The number of hydrogen-bond acceptors (Lipinski definition) is 2. The van der Waals surface area contributed by atoms with Gasteiger partial charge >= 0.3 is 0 Å². The lowest BCUT2D eigenvalue weighted by Crippen LogP contribution is -2.39. The first-order valence-electron chi connectivity index (χ1n) is 4.70. The van der Waals surface area contributed by atoms with Gasteiger partial charge in [-0.3, -0.25) is 0 Å². The van der Waals surface area contributed by atoms with Gasteiger partial charge in [-0.2, -0.15) is 12.6 Å². The van der Waals surface area contributed by atoms with Crippen LogP contribution in [0.15, 0.2) is 0 Å². The van der Waals surface area contributed by atoms with E-state index in [1.165, 1.54) is 6.42 Å². The second-order valence-corrected chi connectivity index (χ2v) is 4.00. The number of unbranched alkanes of at least 4 members (excludes halogenated alkanes) is 1. The van der Waals surface area contributed by atoms with Gasteiger partial charge in [-0.1, -0.05) is 0 Å². The third-order valence-corrected chi connectivity index (χ3v) is 2.81. The molecule has 0 aliphatic rings. The molecule has 4 heteroatoms. The monoisotopic (exact) mass is 220 g/mol. The molecule has 0 N–H and O–H groups in total. The van der Waals surface area contributed by atoms with Gasteiger partial charge in [0.25, 0.3) is 0 Å². The van der Waals surface area contributed by atoms with Crippen molar-refractivity contribution in [3.63, 3.8) is 0 Å². The summed E-state index contributed by atoms with van der Waals surface area (Å²) in [5.74, 6) is 0.965. The molecule has 0 atom stereocenters. The first kappa shape index (κ1) is 13.0. The molecule has 0 aromatic heterocycles. The molecule has 0 fully saturated rings. The van der Waals surface area contributed by atoms with Crippen molar-refractivity contribution in [2.45, 2.75) is 19.8 Å². The number of hydrogen-bond donors (Lipinski definition) is 1. The Morgan fingerprint density at radius 1 is 1.31 bits per heavy atom. The number of nitrogens with zero attached hydrogens (tertiary/aromatic N) is 2. The van der Waals surface area contributed by atoms with Gasteiger partial charge < -0.3 is 9.80 Å². The molecule has 2 nitrogen and oxygen atoms in total. The van der Waals surface area contributed by atoms with Crippen LogP contribution in [0.5, 0.6) is 0 Å². The first-order valence-corrected chi connectivity index (χ1v) is 5.74. The highest BCUT2D eigenvalue weighted by molar-refractivity contribution is 7.80. The highest BCUT2D eigenvalue weighted by Gasteiger charge is 2.07. The summed E-state index contributed by atoms with van der Waals surface area (Å²) in [4.78, 5) is 4.21. The van der Waals surface area contributed by atoms with Gasteiger partial charge in [-0.25, -0.2) is 0 Å². The Hall–Kier alpha value is 0.0400. The van der Waals surface area contributed by atoms with E-state index in [9.17, 15) is 0 Å². The second kappa shape index (κ2) is 7.44. The minimum atomic E-state index is 0.932. The summed E-state index contributed by atoms with van der Waals surface area (Å²) >= 11 is 9.46. The van der Waals surface area contributed by atoms with Crippen LogP contribution in [0.1, 0.15) is 19.8 Å². The summed E-state index contributed by atoms with van der Waals surface area (Å²) in [6, 6.07) is 0. The van der Waals surface area contributed by atoms with Crippen molar-refractivity contribution in [2.24, 2.45) is 0 Å². The van der Waals surface area contributed by atoms with Gasteiger partial charge in [0.15, 0.2) is 5.11 Å². The quantitative estimate of drug-likeness (QED) is 0.429. The van der Waals surface area contributed by atoms with Crippen LogP contribution in [-0.4, -0.2) is 47.8 Å². The molecule has 0 aromatic rings. The van der Waals surface area contributed by atoms with Gasteiger partial charge in [-0.05, 0) is 37.7 Å². The average Bonchev–Trinajstić information content (AvgIpc) is 2.11. The zero-order valence-electron chi connectivity index (χ0n) is 8.79. The van der Waals surface area contributed by atoms with E-state index < -0.39 is 0 Å². The molecule has 0 saturated carbocycles. The smallest absolute Gasteiger partial charge is 0.171 e. The van der Waals surface area contributed by atoms with Crippen LogP contribution in [0.3, 0.4) is 0 Å². The van der Waals surface area contributed by atoms with E-state index >= 15 is 0 Å². The van der Waals surface area contributed by atoms with Crippen LogP contribution in [0.25, 0.3) is 0 Å². The largest absolute Gasteiger partial charge is 0.355 e. The summed E-state index contributed by atoms with van der Waals surface area (Å²) in [6.07, 6.45) is 2.33. The molecule has 0 amide bonds. The van der Waals surface area contributed by atoms with E-state index in [0.717, 1.165) is 30.4 Å². The lowest BCUT2D eigenvalue weighted by Gasteiger charge is -2.27. The maximum absolute atomic E-state index is 5.28. The zero-order chi connectivity index (χ0) is 10.3. The lowest BCUT2D eigenvalue weighted by atomic mass is 10.3. The van der Waals surface area contributed by atoms with Crippen molar-refractivity contribution in [3.05, 3.63) is 0 Å². The molecular formula is C9H20N2S2. The molecule has 0 aliphatic carbocycles. The number of thiol groups is 1. The van der Waals surface area contributed by atoms with Gasteiger partial charge in [-0.15, -0.1) is 0 Å². The molecule has 0 bridgehead atoms. The van der Waals surface area contributed by atoms with Crippen molar-refractivity contribution in [1.82, 2.24) is 9.80 Å². The molecule has 0 spiro atoms. The van der Waals surface area contributed by atoms with E-state index in [-0.39, 0.29) is 0 Å². The van der Waals surface area contributed by atoms with Gasteiger partial charge in [0.1, 0.15) is 0 Å². The molecule has 0 heterocycles. The topological polar surface area (TPSA) is 6.48 Å². The summed E-state index contributed by atoms with van der Waals surface area (Å²) < 4.78 is 0. The molecule has 0 rings (SSSR count). The Morgan fingerprint density at radius 3 is 2.31 bits per heavy atom. The fourth-order valence-electron chi connectivity index (χ4n) is 1.09. The summed E-state index contributed by atoms with van der Waals surface area (Å²) in [5, 5.41) is 0.932. The Balaban J connectivity index is 3.81. The third kappa shape index (κ3) is 5.37. The second-order valence-electron chi connectivity index (χ2n) is 3.19. The predicted molar refractivity (Wildman–Crippen MR) is 66.6 cm³/mol. The SMILES string of the molecule is CCN(CCCCS)C(=S)N(C)C. The van der Waals surface area contributed by atoms with Crippen molar-refractivity contribution in [2.75, 3.05) is 32.9 Å². The maximum atomic E-state index is 5.28. The third-order valence-electron chi connectivity index (χ3n) is 1.87. The molecule has 0 aromatic carbocycles. The molecule has 13 heavy (non-hydrogen) atoms. The van der Waals surface area contributed by atoms with E-state index in [1.807, 2.05) is 19.0 Å². The van der Waals surface area contributed by atoms with Gasteiger partial charge in [0.05, 0.1) is 0 Å². The fraction of sp³-hybridized carbons (Fsp3) is 0.889. The van der Waals surface area contributed by atoms with Crippen molar-refractivity contribution in [3.8, 4) is 0 Å². The number of rotatable bonds is 5.